The molecular weight excluding hydrogens is 277 g/mol. The van der Waals surface area contributed by atoms with E-state index in [0.29, 0.717) is 0 Å². The van der Waals surface area contributed by atoms with Gasteiger partial charge in [0.1, 0.15) is 11.6 Å². The van der Waals surface area contributed by atoms with Crippen LogP contribution in [0.3, 0.4) is 0 Å². The lowest BCUT2D eigenvalue weighted by Crippen LogP contribution is -2.20. The molecule has 20 heavy (non-hydrogen) atoms. The molecule has 1 atom stereocenters. The van der Waals surface area contributed by atoms with E-state index in [1.807, 2.05) is 24.3 Å². The van der Waals surface area contributed by atoms with Crippen molar-refractivity contribution in [3.63, 3.8) is 0 Å². The van der Waals surface area contributed by atoms with Gasteiger partial charge in [0.25, 0.3) is 0 Å². The third-order valence-electron chi connectivity index (χ3n) is 2.77. The summed E-state index contributed by atoms with van der Waals surface area (Å²) in [7, 11) is -1.36. The van der Waals surface area contributed by atoms with Crippen LogP contribution in [0.25, 0.3) is 11.1 Å². The van der Waals surface area contributed by atoms with Crippen LogP contribution >= 0.6 is 0 Å². The largest absolute Gasteiger partial charge is 0.369 e. The van der Waals surface area contributed by atoms with E-state index in [1.165, 1.54) is 12.1 Å². The molecule has 2 rings (SSSR count). The molecule has 0 bridgehead atoms. The zero-order chi connectivity index (χ0) is 14.5. The van der Waals surface area contributed by atoms with Crippen molar-refractivity contribution < 1.29 is 13.4 Å². The quantitative estimate of drug-likeness (QED) is 0.918. The molecule has 2 aromatic rings. The van der Waals surface area contributed by atoms with Crippen LogP contribution in [0.2, 0.25) is 0 Å². The number of hydrogen-bond donors (Lipinski definition) is 1. The summed E-state index contributed by atoms with van der Waals surface area (Å²) >= 11 is 0. The van der Waals surface area contributed by atoms with E-state index in [2.05, 4.69) is 0 Å². The molecule has 0 aliphatic carbocycles. The number of amides is 1. The number of halogens is 1. The van der Waals surface area contributed by atoms with Gasteiger partial charge in [-0.1, -0.05) is 36.4 Å². The molecule has 1 amide bonds. The van der Waals surface area contributed by atoms with Gasteiger partial charge >= 0.3 is 0 Å². The molecular formula is C15H14FNO2S. The molecule has 2 aromatic carbocycles. The van der Waals surface area contributed by atoms with E-state index >= 15 is 0 Å². The zero-order valence-corrected chi connectivity index (χ0v) is 11.5. The smallest absolute Gasteiger partial charge is 0.230 e. The van der Waals surface area contributed by atoms with Crippen molar-refractivity contribution in [1.29, 1.82) is 0 Å². The van der Waals surface area contributed by atoms with Crippen molar-refractivity contribution in [1.82, 2.24) is 0 Å². The summed E-state index contributed by atoms with van der Waals surface area (Å²) in [5, 5.41) is 0. The normalized spacial score (nSPS) is 12.1. The molecule has 0 aliphatic heterocycles. The molecule has 0 radical (unpaired) electrons. The minimum Gasteiger partial charge on any atom is -0.369 e. The van der Waals surface area contributed by atoms with Gasteiger partial charge < -0.3 is 5.73 Å². The number of rotatable bonds is 5. The zero-order valence-electron chi connectivity index (χ0n) is 10.7. The fraction of sp³-hybridized carbons (Fsp3) is 0.133. The Hall–Kier alpha value is -2.01. The van der Waals surface area contributed by atoms with Gasteiger partial charge in [-0.05, 0) is 28.8 Å². The highest BCUT2D eigenvalue weighted by molar-refractivity contribution is 7.84. The van der Waals surface area contributed by atoms with Crippen molar-refractivity contribution >= 4 is 16.7 Å². The first-order valence-corrected chi connectivity index (χ1v) is 7.52. The van der Waals surface area contributed by atoms with Gasteiger partial charge in [-0.2, -0.15) is 0 Å². The first kappa shape index (κ1) is 14.4. The Balaban J connectivity index is 2.31. The molecule has 0 aliphatic rings. The van der Waals surface area contributed by atoms with Crippen molar-refractivity contribution in [2.75, 3.05) is 5.75 Å². The average Bonchev–Trinajstić information content (AvgIpc) is 2.38. The second-order valence-corrected chi connectivity index (χ2v) is 5.82. The Bertz CT molecular complexity index is 658. The Morgan fingerprint density at radius 1 is 1.15 bits per heavy atom. The predicted octanol–water partition coefficient (Wildman–Crippen LogP) is 2.23. The van der Waals surface area contributed by atoms with Crippen LogP contribution in [0.4, 0.5) is 4.39 Å². The van der Waals surface area contributed by atoms with E-state index < -0.39 is 16.7 Å². The van der Waals surface area contributed by atoms with E-state index in [-0.39, 0.29) is 17.3 Å². The first-order chi connectivity index (χ1) is 9.56. The SMILES string of the molecule is NC(=O)CS(=O)Cc1ccccc1-c1cccc(F)c1. The van der Waals surface area contributed by atoms with Crippen LogP contribution in [0.1, 0.15) is 5.56 Å². The van der Waals surface area contributed by atoms with Crippen LogP contribution < -0.4 is 5.73 Å². The van der Waals surface area contributed by atoms with Gasteiger partial charge in [-0.15, -0.1) is 0 Å². The van der Waals surface area contributed by atoms with Crippen LogP contribution in [-0.2, 0) is 21.3 Å². The minimum atomic E-state index is -1.36. The fourth-order valence-electron chi connectivity index (χ4n) is 1.97. The Morgan fingerprint density at radius 3 is 2.60 bits per heavy atom. The highest BCUT2D eigenvalue weighted by atomic mass is 32.2. The lowest BCUT2D eigenvalue weighted by atomic mass is 10.0. The summed E-state index contributed by atoms with van der Waals surface area (Å²) in [6.07, 6.45) is 0. The van der Waals surface area contributed by atoms with Gasteiger partial charge in [0, 0.05) is 16.6 Å². The van der Waals surface area contributed by atoms with Crippen LogP contribution in [0.5, 0.6) is 0 Å². The van der Waals surface area contributed by atoms with Crippen molar-refractivity contribution in [3.05, 3.63) is 59.9 Å². The second kappa shape index (κ2) is 6.43. The average molecular weight is 291 g/mol. The number of nitrogens with two attached hydrogens (primary N) is 1. The molecule has 5 heteroatoms. The molecule has 1 unspecified atom stereocenters. The molecule has 0 fully saturated rings. The second-order valence-electron chi connectivity index (χ2n) is 4.36. The highest BCUT2D eigenvalue weighted by Crippen LogP contribution is 2.25. The summed E-state index contributed by atoms with van der Waals surface area (Å²) in [6, 6.07) is 13.5. The summed E-state index contributed by atoms with van der Waals surface area (Å²) in [5.41, 5.74) is 7.37. The molecule has 0 spiro atoms. The van der Waals surface area contributed by atoms with Crippen LogP contribution in [0.15, 0.2) is 48.5 Å². The van der Waals surface area contributed by atoms with Gasteiger partial charge in [0.2, 0.25) is 5.91 Å². The van der Waals surface area contributed by atoms with Crippen molar-refractivity contribution in [2.24, 2.45) is 5.73 Å². The monoisotopic (exact) mass is 291 g/mol. The topological polar surface area (TPSA) is 60.2 Å². The summed E-state index contributed by atoms with van der Waals surface area (Å²) in [4.78, 5) is 10.8. The van der Waals surface area contributed by atoms with Crippen LogP contribution in [-0.4, -0.2) is 15.9 Å². The van der Waals surface area contributed by atoms with E-state index in [0.717, 1.165) is 16.7 Å². The maximum Gasteiger partial charge on any atom is 0.230 e. The van der Waals surface area contributed by atoms with Gasteiger partial charge in [-0.3, -0.25) is 9.00 Å². The lowest BCUT2D eigenvalue weighted by Gasteiger charge is -2.09. The number of primary amides is 1. The molecule has 3 nitrogen and oxygen atoms in total. The van der Waals surface area contributed by atoms with Gasteiger partial charge in [0.15, 0.2) is 0 Å². The van der Waals surface area contributed by atoms with Gasteiger partial charge in [-0.25, -0.2) is 4.39 Å². The summed E-state index contributed by atoms with van der Waals surface area (Å²) in [6.45, 7) is 0. The molecule has 104 valence electrons. The molecule has 0 saturated heterocycles. The standard InChI is InChI=1S/C15H14FNO2S/c16-13-6-3-5-11(8-13)14-7-2-1-4-12(14)9-20(19)10-15(17)18/h1-8H,9-10H2,(H2,17,18). The molecule has 0 heterocycles. The van der Waals surface area contributed by atoms with Crippen molar-refractivity contribution in [3.8, 4) is 11.1 Å². The van der Waals surface area contributed by atoms with E-state index in [4.69, 9.17) is 5.73 Å². The maximum absolute atomic E-state index is 13.3. The molecule has 0 saturated carbocycles. The number of carbonyl (C=O) groups is 1. The third kappa shape index (κ3) is 3.74. The Morgan fingerprint density at radius 2 is 1.90 bits per heavy atom. The van der Waals surface area contributed by atoms with E-state index in [9.17, 15) is 13.4 Å². The number of benzene rings is 2. The highest BCUT2D eigenvalue weighted by Gasteiger charge is 2.10. The van der Waals surface area contributed by atoms with Crippen molar-refractivity contribution in [2.45, 2.75) is 5.75 Å². The summed E-state index contributed by atoms with van der Waals surface area (Å²) in [5.74, 6) is -0.866. The third-order valence-corrected chi connectivity index (χ3v) is 4.01. The molecule has 0 aromatic heterocycles. The number of carbonyl (C=O) groups excluding carboxylic acids is 1. The predicted molar refractivity (Wildman–Crippen MR) is 77.7 cm³/mol. The van der Waals surface area contributed by atoms with Gasteiger partial charge in [0.05, 0.1) is 0 Å². The maximum atomic E-state index is 13.3. The van der Waals surface area contributed by atoms with Crippen LogP contribution in [0, 0.1) is 5.82 Å². The summed E-state index contributed by atoms with van der Waals surface area (Å²) < 4.78 is 25.1. The minimum absolute atomic E-state index is 0.169. The number of hydrogen-bond acceptors (Lipinski definition) is 2. The molecule has 2 N–H and O–H groups in total. The van der Waals surface area contributed by atoms with E-state index in [1.54, 1.807) is 12.1 Å². The Labute approximate surface area is 119 Å². The Kier molecular flexibility index (Phi) is 4.63. The fourth-order valence-corrected chi connectivity index (χ4v) is 2.98. The first-order valence-electron chi connectivity index (χ1n) is 6.03. The lowest BCUT2D eigenvalue weighted by molar-refractivity contribution is -0.115.